The Hall–Kier alpha value is -2.41. The standard InChI is InChI=1S/C21H30N4O3/c1-21(2)19(27)23-20(28)25(21)15-18(26)22-17-11-7-13-24(14-17)12-6-10-16-8-4-3-5-9-16/h3-5,8-9,17H,6-7,10-15H2,1-2H3,(H,22,26)(H,23,27,28)/t17-/m1/s1. The van der Waals surface area contributed by atoms with Gasteiger partial charge < -0.3 is 15.1 Å². The molecule has 0 radical (unpaired) electrons. The molecule has 2 heterocycles. The number of carbonyl (C=O) groups is 3. The number of aryl methyl sites for hydroxylation is 1. The van der Waals surface area contributed by atoms with Gasteiger partial charge in [-0.3, -0.25) is 14.9 Å². The molecule has 4 amide bonds. The summed E-state index contributed by atoms with van der Waals surface area (Å²) in [5.74, 6) is -0.582. The zero-order valence-corrected chi connectivity index (χ0v) is 16.7. The first-order chi connectivity index (χ1) is 13.4. The van der Waals surface area contributed by atoms with Crippen molar-refractivity contribution in [2.24, 2.45) is 0 Å². The number of piperidine rings is 1. The van der Waals surface area contributed by atoms with Crippen LogP contribution in [0.4, 0.5) is 4.79 Å². The van der Waals surface area contributed by atoms with Crippen molar-refractivity contribution in [3.8, 4) is 0 Å². The van der Waals surface area contributed by atoms with E-state index in [1.165, 1.54) is 10.5 Å². The molecule has 1 aromatic rings. The maximum absolute atomic E-state index is 12.5. The Morgan fingerprint density at radius 1 is 1.25 bits per heavy atom. The molecule has 2 fully saturated rings. The number of imide groups is 1. The van der Waals surface area contributed by atoms with Gasteiger partial charge in [-0.05, 0) is 58.2 Å². The van der Waals surface area contributed by atoms with Crippen molar-refractivity contribution in [1.29, 1.82) is 0 Å². The first-order valence-corrected chi connectivity index (χ1v) is 10.0. The molecule has 0 unspecified atom stereocenters. The molecule has 1 aromatic carbocycles. The highest BCUT2D eigenvalue weighted by Gasteiger charge is 2.46. The summed E-state index contributed by atoms with van der Waals surface area (Å²) in [6.45, 7) is 6.09. The van der Waals surface area contributed by atoms with Crippen LogP contribution >= 0.6 is 0 Å². The van der Waals surface area contributed by atoms with Crippen molar-refractivity contribution in [3.05, 3.63) is 35.9 Å². The van der Waals surface area contributed by atoms with Crippen molar-refractivity contribution in [1.82, 2.24) is 20.4 Å². The summed E-state index contributed by atoms with van der Waals surface area (Å²) < 4.78 is 0. The van der Waals surface area contributed by atoms with Crippen LogP contribution in [0.3, 0.4) is 0 Å². The predicted octanol–water partition coefficient (Wildman–Crippen LogP) is 1.53. The van der Waals surface area contributed by atoms with E-state index in [0.717, 1.165) is 45.3 Å². The van der Waals surface area contributed by atoms with Crippen LogP contribution < -0.4 is 10.6 Å². The lowest BCUT2D eigenvalue weighted by Crippen LogP contribution is -2.53. The summed E-state index contributed by atoms with van der Waals surface area (Å²) in [5.41, 5.74) is 0.357. The molecule has 2 saturated heterocycles. The first kappa shape index (κ1) is 20.3. The minimum Gasteiger partial charge on any atom is -0.351 e. The lowest BCUT2D eigenvalue weighted by molar-refractivity contribution is -0.127. The van der Waals surface area contributed by atoms with Gasteiger partial charge >= 0.3 is 6.03 Å². The third-order valence-electron chi connectivity index (χ3n) is 5.65. The molecule has 2 aliphatic rings. The maximum Gasteiger partial charge on any atom is 0.325 e. The van der Waals surface area contributed by atoms with E-state index in [1.54, 1.807) is 13.8 Å². The van der Waals surface area contributed by atoms with Gasteiger partial charge in [0.05, 0.1) is 0 Å². The second-order valence-electron chi connectivity index (χ2n) is 8.20. The maximum atomic E-state index is 12.5. The third-order valence-corrected chi connectivity index (χ3v) is 5.65. The Bertz CT molecular complexity index is 720. The normalized spacial score (nSPS) is 22.2. The van der Waals surface area contributed by atoms with Gasteiger partial charge in [-0.25, -0.2) is 4.79 Å². The number of nitrogens with zero attached hydrogens (tertiary/aromatic N) is 2. The molecule has 152 valence electrons. The minimum atomic E-state index is -0.996. The molecule has 0 aliphatic carbocycles. The van der Waals surface area contributed by atoms with E-state index in [9.17, 15) is 14.4 Å². The molecule has 7 nitrogen and oxygen atoms in total. The molecular weight excluding hydrogens is 356 g/mol. The van der Waals surface area contributed by atoms with Gasteiger partial charge in [-0.1, -0.05) is 30.3 Å². The van der Waals surface area contributed by atoms with E-state index in [1.807, 2.05) is 6.07 Å². The molecule has 0 saturated carbocycles. The van der Waals surface area contributed by atoms with E-state index in [0.29, 0.717) is 0 Å². The largest absolute Gasteiger partial charge is 0.351 e. The fourth-order valence-electron chi connectivity index (χ4n) is 3.91. The van der Waals surface area contributed by atoms with Crippen molar-refractivity contribution in [2.45, 2.75) is 51.1 Å². The lowest BCUT2D eigenvalue weighted by atomic mass is 10.0. The van der Waals surface area contributed by atoms with Gasteiger partial charge in [0.2, 0.25) is 5.91 Å². The fraction of sp³-hybridized carbons (Fsp3) is 0.571. The van der Waals surface area contributed by atoms with E-state index < -0.39 is 11.6 Å². The van der Waals surface area contributed by atoms with Crippen LogP contribution in [0.5, 0.6) is 0 Å². The van der Waals surface area contributed by atoms with Crippen LogP contribution in [-0.2, 0) is 16.0 Å². The van der Waals surface area contributed by atoms with Gasteiger partial charge in [-0.15, -0.1) is 0 Å². The number of nitrogens with one attached hydrogen (secondary N) is 2. The fourth-order valence-corrected chi connectivity index (χ4v) is 3.91. The Morgan fingerprint density at radius 3 is 2.68 bits per heavy atom. The molecular formula is C21H30N4O3. The summed E-state index contributed by atoms with van der Waals surface area (Å²) in [4.78, 5) is 39.9. The van der Waals surface area contributed by atoms with Gasteiger partial charge in [0.15, 0.2) is 0 Å². The van der Waals surface area contributed by atoms with E-state index in [-0.39, 0.29) is 24.4 Å². The van der Waals surface area contributed by atoms with Crippen LogP contribution in [0.2, 0.25) is 0 Å². The van der Waals surface area contributed by atoms with Crippen LogP contribution in [0.25, 0.3) is 0 Å². The second-order valence-corrected chi connectivity index (χ2v) is 8.20. The van der Waals surface area contributed by atoms with Crippen molar-refractivity contribution in [2.75, 3.05) is 26.2 Å². The lowest BCUT2D eigenvalue weighted by Gasteiger charge is -2.34. The van der Waals surface area contributed by atoms with Crippen LogP contribution in [0, 0.1) is 0 Å². The Labute approximate surface area is 166 Å². The number of carbonyl (C=O) groups excluding carboxylic acids is 3. The van der Waals surface area contributed by atoms with Crippen LogP contribution in [0.15, 0.2) is 30.3 Å². The molecule has 0 spiro atoms. The quantitative estimate of drug-likeness (QED) is 0.697. The smallest absolute Gasteiger partial charge is 0.325 e. The monoisotopic (exact) mass is 386 g/mol. The number of urea groups is 1. The second kappa shape index (κ2) is 8.73. The first-order valence-electron chi connectivity index (χ1n) is 10.0. The number of benzene rings is 1. The zero-order chi connectivity index (χ0) is 20.1. The SMILES string of the molecule is CC1(C)C(=O)NC(=O)N1CC(=O)N[C@@H]1CCCN(CCCc2ccccc2)C1. The molecule has 2 aliphatic heterocycles. The number of hydrogen-bond donors (Lipinski definition) is 2. The summed E-state index contributed by atoms with van der Waals surface area (Å²) >= 11 is 0. The highest BCUT2D eigenvalue weighted by molar-refractivity contribution is 6.07. The van der Waals surface area contributed by atoms with E-state index in [2.05, 4.69) is 39.8 Å². The van der Waals surface area contributed by atoms with Gasteiger partial charge in [0.25, 0.3) is 5.91 Å². The Kier molecular flexibility index (Phi) is 6.34. The number of amides is 4. The highest BCUT2D eigenvalue weighted by atomic mass is 16.2. The minimum absolute atomic E-state index is 0.0856. The Morgan fingerprint density at radius 2 is 2.00 bits per heavy atom. The van der Waals surface area contributed by atoms with Gasteiger partial charge in [0.1, 0.15) is 12.1 Å². The average molecular weight is 386 g/mol. The summed E-state index contributed by atoms with van der Waals surface area (Å²) in [5, 5.41) is 5.31. The van der Waals surface area contributed by atoms with Crippen LogP contribution in [0.1, 0.15) is 38.7 Å². The van der Waals surface area contributed by atoms with E-state index >= 15 is 0 Å². The number of hydrogen-bond acceptors (Lipinski definition) is 4. The van der Waals surface area contributed by atoms with Crippen molar-refractivity contribution < 1.29 is 14.4 Å². The molecule has 7 heteroatoms. The molecule has 0 bridgehead atoms. The molecule has 0 aromatic heterocycles. The Balaban J connectivity index is 1.43. The predicted molar refractivity (Wildman–Crippen MR) is 107 cm³/mol. The van der Waals surface area contributed by atoms with Crippen molar-refractivity contribution in [3.63, 3.8) is 0 Å². The molecule has 28 heavy (non-hydrogen) atoms. The van der Waals surface area contributed by atoms with Crippen molar-refractivity contribution >= 4 is 17.8 Å². The topological polar surface area (TPSA) is 81.8 Å². The third kappa shape index (κ3) is 4.90. The summed E-state index contributed by atoms with van der Waals surface area (Å²) in [7, 11) is 0. The molecule has 3 rings (SSSR count). The number of likely N-dealkylation sites (tertiary alicyclic amines) is 1. The highest BCUT2D eigenvalue weighted by Crippen LogP contribution is 2.20. The van der Waals surface area contributed by atoms with Gasteiger partial charge in [0, 0.05) is 12.6 Å². The average Bonchev–Trinajstić information content (AvgIpc) is 2.85. The number of rotatable bonds is 7. The molecule has 1 atom stereocenters. The molecule has 2 N–H and O–H groups in total. The summed E-state index contributed by atoms with van der Waals surface area (Å²) in [6, 6.07) is 10.1. The van der Waals surface area contributed by atoms with Crippen LogP contribution in [-0.4, -0.2) is 65.4 Å². The zero-order valence-electron chi connectivity index (χ0n) is 16.7. The van der Waals surface area contributed by atoms with E-state index in [4.69, 9.17) is 0 Å². The van der Waals surface area contributed by atoms with Gasteiger partial charge in [-0.2, -0.15) is 0 Å². The summed E-state index contributed by atoms with van der Waals surface area (Å²) in [6.07, 6.45) is 4.14.